The number of carbonyl (C=O) groups is 2. The fraction of sp³-hybridized carbons (Fsp3) is 0.636. The largest absolute Gasteiger partial charge is 0.368 e. The summed E-state index contributed by atoms with van der Waals surface area (Å²) in [6, 6.07) is 8.52. The Hall–Kier alpha value is -2.04. The molecule has 1 fully saturated rings. The molecule has 1 aliphatic rings. The highest BCUT2D eigenvalue weighted by atomic mass is 16.2. The maximum absolute atomic E-state index is 12.5. The topological polar surface area (TPSA) is 43.9 Å². The Morgan fingerprint density at radius 1 is 1.00 bits per heavy atom. The predicted molar refractivity (Wildman–Crippen MR) is 111 cm³/mol. The van der Waals surface area contributed by atoms with Gasteiger partial charge in [0.25, 0.3) is 0 Å². The van der Waals surface area contributed by atoms with Crippen molar-refractivity contribution >= 4 is 17.5 Å². The zero-order valence-electron chi connectivity index (χ0n) is 17.2. The first-order chi connectivity index (χ1) is 13.0. The van der Waals surface area contributed by atoms with Crippen molar-refractivity contribution in [2.75, 3.05) is 44.2 Å². The smallest absolute Gasteiger partial charge is 0.222 e. The third-order valence-electron chi connectivity index (χ3n) is 5.12. The normalized spacial score (nSPS) is 14.3. The van der Waals surface area contributed by atoms with Crippen LogP contribution >= 0.6 is 0 Å². The van der Waals surface area contributed by atoms with Crippen LogP contribution in [-0.4, -0.2) is 60.9 Å². The summed E-state index contributed by atoms with van der Waals surface area (Å²) in [7, 11) is 0. The molecule has 2 rings (SSSR count). The Morgan fingerprint density at radius 3 is 2.26 bits per heavy atom. The van der Waals surface area contributed by atoms with E-state index in [0.29, 0.717) is 19.3 Å². The van der Waals surface area contributed by atoms with Crippen LogP contribution in [0, 0.1) is 6.92 Å². The van der Waals surface area contributed by atoms with E-state index in [1.165, 1.54) is 11.3 Å². The third-order valence-corrected chi connectivity index (χ3v) is 5.12. The molecule has 0 radical (unpaired) electrons. The maximum atomic E-state index is 12.5. The van der Waals surface area contributed by atoms with Gasteiger partial charge < -0.3 is 14.7 Å². The van der Waals surface area contributed by atoms with E-state index in [1.807, 2.05) is 9.80 Å². The van der Waals surface area contributed by atoms with Crippen LogP contribution in [0.3, 0.4) is 0 Å². The minimum atomic E-state index is 0.184. The van der Waals surface area contributed by atoms with Crippen LogP contribution in [0.2, 0.25) is 0 Å². The summed E-state index contributed by atoms with van der Waals surface area (Å²) < 4.78 is 0. The Morgan fingerprint density at radius 2 is 1.67 bits per heavy atom. The van der Waals surface area contributed by atoms with Gasteiger partial charge in [0, 0.05) is 57.8 Å². The lowest BCUT2D eigenvalue weighted by atomic mass is 10.1. The minimum Gasteiger partial charge on any atom is -0.368 e. The number of carbonyl (C=O) groups excluding carboxylic acids is 2. The minimum absolute atomic E-state index is 0.184. The molecule has 0 saturated carbocycles. The fourth-order valence-electron chi connectivity index (χ4n) is 3.65. The first kappa shape index (κ1) is 21.3. The van der Waals surface area contributed by atoms with Crippen molar-refractivity contribution in [3.05, 3.63) is 29.8 Å². The Bertz CT molecular complexity index is 603. The molecular formula is C22H35N3O2. The number of hydrogen-bond donors (Lipinski definition) is 0. The van der Waals surface area contributed by atoms with Crippen LogP contribution in [0.4, 0.5) is 5.69 Å². The Balaban J connectivity index is 1.72. The van der Waals surface area contributed by atoms with Crippen LogP contribution in [0.15, 0.2) is 24.3 Å². The zero-order chi connectivity index (χ0) is 19.6. The van der Waals surface area contributed by atoms with E-state index >= 15 is 0 Å². The molecule has 0 N–H and O–H groups in total. The first-order valence-electron chi connectivity index (χ1n) is 10.4. The van der Waals surface area contributed by atoms with E-state index in [9.17, 15) is 9.59 Å². The lowest BCUT2D eigenvalue weighted by Gasteiger charge is -2.36. The van der Waals surface area contributed by atoms with Gasteiger partial charge in [-0.1, -0.05) is 26.0 Å². The molecule has 150 valence electrons. The van der Waals surface area contributed by atoms with Crippen molar-refractivity contribution in [2.45, 2.75) is 52.9 Å². The second-order valence-corrected chi connectivity index (χ2v) is 7.44. The zero-order valence-corrected chi connectivity index (χ0v) is 17.2. The average Bonchev–Trinajstić information content (AvgIpc) is 2.67. The molecule has 1 heterocycles. The van der Waals surface area contributed by atoms with Gasteiger partial charge in [0.15, 0.2) is 0 Å². The molecule has 27 heavy (non-hydrogen) atoms. The number of hydrogen-bond acceptors (Lipinski definition) is 3. The van der Waals surface area contributed by atoms with Crippen LogP contribution in [0.5, 0.6) is 0 Å². The van der Waals surface area contributed by atoms with Gasteiger partial charge in [-0.15, -0.1) is 0 Å². The molecule has 0 aromatic heterocycles. The summed E-state index contributed by atoms with van der Waals surface area (Å²) in [5, 5.41) is 0. The van der Waals surface area contributed by atoms with E-state index < -0.39 is 0 Å². The second-order valence-electron chi connectivity index (χ2n) is 7.44. The summed E-state index contributed by atoms with van der Waals surface area (Å²) in [5.74, 6) is 0.375. The summed E-state index contributed by atoms with van der Waals surface area (Å²) in [4.78, 5) is 31.0. The molecule has 5 heteroatoms. The number of benzene rings is 1. The first-order valence-corrected chi connectivity index (χ1v) is 10.4. The van der Waals surface area contributed by atoms with E-state index in [-0.39, 0.29) is 11.8 Å². The third kappa shape index (κ3) is 6.56. The highest BCUT2D eigenvalue weighted by Crippen LogP contribution is 2.18. The molecule has 0 unspecified atom stereocenters. The van der Waals surface area contributed by atoms with Gasteiger partial charge in [0.05, 0.1) is 0 Å². The maximum Gasteiger partial charge on any atom is 0.222 e. The number of amides is 2. The van der Waals surface area contributed by atoms with Gasteiger partial charge in [-0.25, -0.2) is 0 Å². The molecule has 1 aromatic rings. The lowest BCUT2D eigenvalue weighted by molar-refractivity contribution is -0.133. The number of aryl methyl sites for hydroxylation is 1. The molecule has 2 amide bonds. The van der Waals surface area contributed by atoms with Crippen molar-refractivity contribution in [2.24, 2.45) is 0 Å². The van der Waals surface area contributed by atoms with Gasteiger partial charge >= 0.3 is 0 Å². The van der Waals surface area contributed by atoms with E-state index in [4.69, 9.17) is 0 Å². The Kier molecular flexibility index (Phi) is 8.62. The Labute approximate surface area is 164 Å². The van der Waals surface area contributed by atoms with Gasteiger partial charge in [-0.2, -0.15) is 0 Å². The van der Waals surface area contributed by atoms with Crippen molar-refractivity contribution < 1.29 is 9.59 Å². The molecule has 0 atom stereocenters. The number of nitrogens with zero attached hydrogens (tertiary/aromatic N) is 3. The van der Waals surface area contributed by atoms with Crippen LogP contribution in [0.1, 0.15) is 51.5 Å². The van der Waals surface area contributed by atoms with Crippen molar-refractivity contribution in [1.82, 2.24) is 9.80 Å². The lowest BCUT2D eigenvalue weighted by Crippen LogP contribution is -2.48. The summed E-state index contributed by atoms with van der Waals surface area (Å²) in [5.41, 5.74) is 2.50. The van der Waals surface area contributed by atoms with Gasteiger partial charge in [0.1, 0.15) is 0 Å². The average molecular weight is 374 g/mol. The molecule has 1 aliphatic heterocycles. The van der Waals surface area contributed by atoms with E-state index in [2.05, 4.69) is 49.9 Å². The van der Waals surface area contributed by atoms with E-state index in [0.717, 1.165) is 52.1 Å². The fourth-order valence-corrected chi connectivity index (χ4v) is 3.65. The molecule has 1 saturated heterocycles. The summed E-state index contributed by atoms with van der Waals surface area (Å²) in [6.07, 6.45) is 3.57. The standard InChI is InChI=1S/C22H35N3O2/c1-4-12-24(13-5-2)21(26)10-7-11-22(27)25-16-14-23(15-17-25)20-9-6-8-19(3)18-20/h6,8-9,18H,4-5,7,10-17H2,1-3H3. The monoisotopic (exact) mass is 373 g/mol. The van der Waals surface area contributed by atoms with Crippen LogP contribution < -0.4 is 4.90 Å². The SMILES string of the molecule is CCCN(CCC)C(=O)CCCC(=O)N1CCN(c2cccc(C)c2)CC1. The van der Waals surface area contributed by atoms with E-state index in [1.54, 1.807) is 0 Å². The predicted octanol–water partition coefficient (Wildman–Crippen LogP) is 3.46. The molecule has 0 aliphatic carbocycles. The van der Waals surface area contributed by atoms with Gasteiger partial charge in [-0.05, 0) is 43.9 Å². The number of rotatable bonds is 9. The quantitative estimate of drug-likeness (QED) is 0.666. The number of anilines is 1. The molecule has 1 aromatic carbocycles. The molecule has 0 spiro atoms. The summed E-state index contributed by atoms with van der Waals surface area (Å²) >= 11 is 0. The molecule has 0 bridgehead atoms. The van der Waals surface area contributed by atoms with Crippen molar-refractivity contribution in [3.63, 3.8) is 0 Å². The summed E-state index contributed by atoms with van der Waals surface area (Å²) in [6.45, 7) is 11.2. The number of piperazine rings is 1. The molecular weight excluding hydrogens is 338 g/mol. The van der Waals surface area contributed by atoms with Crippen molar-refractivity contribution in [3.8, 4) is 0 Å². The van der Waals surface area contributed by atoms with Gasteiger partial charge in [0.2, 0.25) is 11.8 Å². The van der Waals surface area contributed by atoms with Crippen LogP contribution in [-0.2, 0) is 9.59 Å². The second kappa shape index (κ2) is 11.0. The van der Waals surface area contributed by atoms with Gasteiger partial charge in [-0.3, -0.25) is 9.59 Å². The molecule has 5 nitrogen and oxygen atoms in total. The highest BCUT2D eigenvalue weighted by molar-refractivity contribution is 5.79. The highest BCUT2D eigenvalue weighted by Gasteiger charge is 2.21. The van der Waals surface area contributed by atoms with Crippen molar-refractivity contribution in [1.29, 1.82) is 0 Å². The van der Waals surface area contributed by atoms with Crippen LogP contribution in [0.25, 0.3) is 0 Å².